The molecule has 1 aromatic rings. The van der Waals surface area contributed by atoms with E-state index in [9.17, 15) is 9.59 Å². The molecule has 2 amide bonds. The molecule has 0 aromatic heterocycles. The summed E-state index contributed by atoms with van der Waals surface area (Å²) in [5.74, 6) is -1.20. The van der Waals surface area contributed by atoms with Crippen LogP contribution in [0.25, 0.3) is 0 Å². The van der Waals surface area contributed by atoms with Crippen LogP contribution in [0.4, 0.5) is 5.69 Å². The van der Waals surface area contributed by atoms with Gasteiger partial charge >= 0.3 is 0 Å². The van der Waals surface area contributed by atoms with Gasteiger partial charge in [-0.15, -0.1) is 0 Å². The van der Waals surface area contributed by atoms with Crippen LogP contribution in [0.5, 0.6) is 0 Å². The van der Waals surface area contributed by atoms with E-state index in [1.165, 1.54) is 5.56 Å². The number of nitrogens with two attached hydrogens (primary N) is 1. The van der Waals surface area contributed by atoms with Crippen molar-refractivity contribution in [2.75, 3.05) is 5.32 Å². The van der Waals surface area contributed by atoms with E-state index in [1.54, 1.807) is 0 Å². The Morgan fingerprint density at radius 1 is 1.25 bits per heavy atom. The minimum absolute atomic E-state index is 0.0821. The Balaban J connectivity index is 1.82. The maximum Gasteiger partial charge on any atom is 0.228 e. The van der Waals surface area contributed by atoms with Crippen LogP contribution in [0.2, 0.25) is 0 Å². The lowest BCUT2D eigenvalue weighted by molar-refractivity contribution is -0.132. The molecule has 3 unspecified atom stereocenters. The van der Waals surface area contributed by atoms with Gasteiger partial charge in [-0.3, -0.25) is 9.59 Å². The van der Waals surface area contributed by atoms with E-state index in [1.807, 2.05) is 30.3 Å². The molecule has 2 aliphatic rings. The number of aryl methyl sites for hydroxylation is 1. The summed E-state index contributed by atoms with van der Waals surface area (Å²) in [5, 5.41) is 3.00. The van der Waals surface area contributed by atoms with E-state index >= 15 is 0 Å². The molecule has 1 aromatic carbocycles. The monoisotopic (exact) mass is 326 g/mol. The van der Waals surface area contributed by atoms with Crippen LogP contribution in [0.1, 0.15) is 38.7 Å². The Morgan fingerprint density at radius 3 is 2.46 bits per heavy atom. The molecule has 0 heterocycles. The molecule has 4 nitrogen and oxygen atoms in total. The number of anilines is 1. The van der Waals surface area contributed by atoms with Gasteiger partial charge in [0, 0.05) is 5.69 Å². The van der Waals surface area contributed by atoms with Crippen molar-refractivity contribution in [1.82, 2.24) is 0 Å². The molecule has 1 saturated carbocycles. The van der Waals surface area contributed by atoms with Crippen LogP contribution in [0, 0.1) is 23.2 Å². The lowest BCUT2D eigenvalue weighted by Crippen LogP contribution is -2.44. The highest BCUT2D eigenvalue weighted by atomic mass is 16.2. The third-order valence-electron chi connectivity index (χ3n) is 5.70. The maximum atomic E-state index is 13.0. The SMILES string of the molecule is CCc1ccc(NC(=O)C2C(C(N)=O)CC=CC2C2(C)CC2)cc1. The first-order valence-electron chi connectivity index (χ1n) is 8.80. The molecule has 4 heteroatoms. The van der Waals surface area contributed by atoms with Crippen LogP contribution in [-0.2, 0) is 16.0 Å². The summed E-state index contributed by atoms with van der Waals surface area (Å²) >= 11 is 0. The average Bonchev–Trinajstić information content (AvgIpc) is 3.33. The lowest BCUT2D eigenvalue weighted by atomic mass is 9.68. The van der Waals surface area contributed by atoms with Crippen molar-refractivity contribution in [3.05, 3.63) is 42.0 Å². The van der Waals surface area contributed by atoms with E-state index in [4.69, 9.17) is 5.73 Å². The van der Waals surface area contributed by atoms with Gasteiger partial charge in [-0.05, 0) is 54.7 Å². The Hall–Kier alpha value is -2.10. The Labute approximate surface area is 143 Å². The van der Waals surface area contributed by atoms with Crippen LogP contribution < -0.4 is 11.1 Å². The van der Waals surface area contributed by atoms with E-state index in [0.29, 0.717) is 6.42 Å². The van der Waals surface area contributed by atoms with Crippen molar-refractivity contribution in [1.29, 1.82) is 0 Å². The summed E-state index contributed by atoms with van der Waals surface area (Å²) in [7, 11) is 0. The molecular weight excluding hydrogens is 300 g/mol. The number of hydrogen-bond acceptors (Lipinski definition) is 2. The van der Waals surface area contributed by atoms with Gasteiger partial charge in [0.05, 0.1) is 11.8 Å². The van der Waals surface area contributed by atoms with Gasteiger partial charge < -0.3 is 11.1 Å². The number of amides is 2. The highest BCUT2D eigenvalue weighted by Gasteiger charge is 2.52. The molecule has 0 saturated heterocycles. The number of nitrogens with one attached hydrogen (secondary N) is 1. The molecule has 0 aliphatic heterocycles. The molecule has 0 spiro atoms. The number of allylic oxidation sites excluding steroid dienone is 2. The number of benzene rings is 1. The number of carbonyl (C=O) groups is 2. The Bertz CT molecular complexity index is 659. The first kappa shape index (κ1) is 16.7. The van der Waals surface area contributed by atoms with Gasteiger partial charge in [-0.25, -0.2) is 0 Å². The van der Waals surface area contributed by atoms with Crippen molar-refractivity contribution < 1.29 is 9.59 Å². The van der Waals surface area contributed by atoms with Gasteiger partial charge in [0.2, 0.25) is 11.8 Å². The minimum Gasteiger partial charge on any atom is -0.369 e. The normalized spacial score (nSPS) is 27.5. The second-order valence-electron chi connectivity index (χ2n) is 7.42. The van der Waals surface area contributed by atoms with Crippen LogP contribution in [0.15, 0.2) is 36.4 Å². The third-order valence-corrected chi connectivity index (χ3v) is 5.70. The second kappa shape index (κ2) is 6.42. The standard InChI is InChI=1S/C20H26N2O2/c1-3-13-7-9-14(10-8-13)22-19(24)17-15(18(21)23)5-4-6-16(17)20(2)11-12-20/h4,6-10,15-17H,3,5,11-12H2,1-2H3,(H2,21,23)(H,22,24). The van der Waals surface area contributed by atoms with Crippen molar-refractivity contribution >= 4 is 17.5 Å². The summed E-state index contributed by atoms with van der Waals surface area (Å²) in [6.07, 6.45) is 7.85. The molecule has 24 heavy (non-hydrogen) atoms. The first-order valence-corrected chi connectivity index (χ1v) is 8.80. The highest BCUT2D eigenvalue weighted by molar-refractivity contribution is 5.96. The Kier molecular flexibility index (Phi) is 4.48. The first-order chi connectivity index (χ1) is 11.4. The summed E-state index contributed by atoms with van der Waals surface area (Å²) in [5.41, 5.74) is 7.72. The van der Waals surface area contributed by atoms with Gasteiger partial charge in [0.1, 0.15) is 0 Å². The zero-order chi connectivity index (χ0) is 17.3. The smallest absolute Gasteiger partial charge is 0.228 e. The van der Waals surface area contributed by atoms with Gasteiger partial charge in [-0.2, -0.15) is 0 Å². The highest BCUT2D eigenvalue weighted by Crippen LogP contribution is 2.57. The van der Waals surface area contributed by atoms with Crippen molar-refractivity contribution in [2.45, 2.75) is 39.5 Å². The second-order valence-corrected chi connectivity index (χ2v) is 7.42. The zero-order valence-electron chi connectivity index (χ0n) is 14.4. The van der Waals surface area contributed by atoms with Crippen LogP contribution in [-0.4, -0.2) is 11.8 Å². The van der Waals surface area contributed by atoms with E-state index in [-0.39, 0.29) is 29.1 Å². The van der Waals surface area contributed by atoms with Crippen molar-refractivity contribution in [3.8, 4) is 0 Å². The third kappa shape index (κ3) is 3.23. The van der Waals surface area contributed by atoms with Gasteiger partial charge in [0.15, 0.2) is 0 Å². The van der Waals surface area contributed by atoms with Gasteiger partial charge in [-0.1, -0.05) is 38.1 Å². The van der Waals surface area contributed by atoms with E-state index in [0.717, 1.165) is 24.9 Å². The van der Waals surface area contributed by atoms with E-state index in [2.05, 4.69) is 25.2 Å². The topological polar surface area (TPSA) is 72.2 Å². The fourth-order valence-electron chi connectivity index (χ4n) is 3.77. The summed E-state index contributed by atoms with van der Waals surface area (Å²) in [6, 6.07) is 7.87. The summed E-state index contributed by atoms with van der Waals surface area (Å²) in [6.45, 7) is 4.29. The van der Waals surface area contributed by atoms with E-state index < -0.39 is 5.92 Å². The summed E-state index contributed by atoms with van der Waals surface area (Å²) in [4.78, 5) is 24.9. The van der Waals surface area contributed by atoms with Crippen LogP contribution >= 0.6 is 0 Å². The van der Waals surface area contributed by atoms with Gasteiger partial charge in [0.25, 0.3) is 0 Å². The Morgan fingerprint density at radius 2 is 1.92 bits per heavy atom. The predicted octanol–water partition coefficient (Wildman–Crippen LogP) is 3.28. The molecule has 2 aliphatic carbocycles. The van der Waals surface area contributed by atoms with Crippen molar-refractivity contribution in [3.63, 3.8) is 0 Å². The predicted molar refractivity (Wildman–Crippen MR) is 95.2 cm³/mol. The van der Waals surface area contributed by atoms with Crippen LogP contribution in [0.3, 0.4) is 0 Å². The molecule has 0 bridgehead atoms. The molecule has 3 atom stereocenters. The fourth-order valence-corrected chi connectivity index (χ4v) is 3.77. The lowest BCUT2D eigenvalue weighted by Gasteiger charge is -2.36. The maximum absolute atomic E-state index is 13.0. The summed E-state index contributed by atoms with van der Waals surface area (Å²) < 4.78 is 0. The minimum atomic E-state index is -0.424. The number of carbonyl (C=O) groups excluding carboxylic acids is 2. The molecule has 128 valence electrons. The number of primary amides is 1. The zero-order valence-corrected chi connectivity index (χ0v) is 14.4. The largest absolute Gasteiger partial charge is 0.369 e. The molecule has 1 fully saturated rings. The molecular formula is C20H26N2O2. The van der Waals surface area contributed by atoms with Crippen molar-refractivity contribution in [2.24, 2.45) is 28.9 Å². The molecule has 3 rings (SSSR count). The molecule has 0 radical (unpaired) electrons. The fraction of sp³-hybridized carbons (Fsp3) is 0.500. The quantitative estimate of drug-likeness (QED) is 0.815. The molecule has 3 N–H and O–H groups in total. The number of hydrogen-bond donors (Lipinski definition) is 2. The average molecular weight is 326 g/mol. The number of rotatable bonds is 5.